The zero-order valence-electron chi connectivity index (χ0n) is 7.88. The fourth-order valence-electron chi connectivity index (χ4n) is 2.09. The Kier molecular flexibility index (Phi) is 2.63. The highest BCUT2D eigenvalue weighted by molar-refractivity contribution is 6.19. The average molecular weight is 203 g/mol. The first kappa shape index (κ1) is 9.50. The van der Waals surface area contributed by atoms with E-state index in [0.717, 1.165) is 26.1 Å². The van der Waals surface area contributed by atoms with Crippen LogP contribution in [-0.4, -0.2) is 24.9 Å². The van der Waals surface area contributed by atoms with Crippen molar-refractivity contribution in [1.82, 2.24) is 0 Å². The van der Waals surface area contributed by atoms with E-state index in [1.807, 2.05) is 0 Å². The summed E-state index contributed by atoms with van der Waals surface area (Å²) < 4.78 is 11.3. The van der Waals surface area contributed by atoms with E-state index in [9.17, 15) is 0 Å². The standard InChI is InChI=1S/C10H15ClO2/c1-8-6-10(12-4-5-13-10)3-2-9(8)7-11/h2,8H,3-7H2,1H3. The molecule has 2 aliphatic rings. The molecule has 0 radical (unpaired) electrons. The summed E-state index contributed by atoms with van der Waals surface area (Å²) in [7, 11) is 0. The minimum atomic E-state index is -0.311. The van der Waals surface area contributed by atoms with E-state index < -0.39 is 0 Å². The molecule has 1 heterocycles. The molecule has 1 saturated heterocycles. The summed E-state index contributed by atoms with van der Waals surface area (Å²) in [6.45, 7) is 3.65. The lowest BCUT2D eigenvalue weighted by atomic mass is 9.86. The lowest BCUT2D eigenvalue weighted by molar-refractivity contribution is -0.167. The van der Waals surface area contributed by atoms with E-state index in [4.69, 9.17) is 21.1 Å². The smallest absolute Gasteiger partial charge is 0.172 e. The van der Waals surface area contributed by atoms with Crippen LogP contribution >= 0.6 is 11.6 Å². The molecule has 0 saturated carbocycles. The molecule has 13 heavy (non-hydrogen) atoms. The maximum absolute atomic E-state index is 5.82. The Labute approximate surface area is 83.9 Å². The van der Waals surface area contributed by atoms with Crippen molar-refractivity contribution in [3.05, 3.63) is 11.6 Å². The second-order valence-electron chi connectivity index (χ2n) is 3.83. The van der Waals surface area contributed by atoms with Gasteiger partial charge in [0.1, 0.15) is 0 Å². The average Bonchev–Trinajstić information content (AvgIpc) is 2.54. The number of ether oxygens (including phenoxy) is 2. The third-order valence-corrected chi connectivity index (χ3v) is 3.20. The fraction of sp³-hybridized carbons (Fsp3) is 0.800. The maximum Gasteiger partial charge on any atom is 0.172 e. The Morgan fingerprint density at radius 2 is 2.23 bits per heavy atom. The minimum absolute atomic E-state index is 0.311. The summed E-state index contributed by atoms with van der Waals surface area (Å²) in [5.74, 6) is 0.816. The summed E-state index contributed by atoms with van der Waals surface area (Å²) in [6, 6.07) is 0. The maximum atomic E-state index is 5.82. The number of hydrogen-bond donors (Lipinski definition) is 0. The molecular weight excluding hydrogens is 188 g/mol. The Bertz CT molecular complexity index is 219. The molecular formula is C10H15ClO2. The number of halogens is 1. The predicted octanol–water partition coefficient (Wildman–Crippen LogP) is 2.32. The zero-order chi connectivity index (χ0) is 9.31. The van der Waals surface area contributed by atoms with Crippen LogP contribution in [0.15, 0.2) is 11.6 Å². The molecule has 0 amide bonds. The predicted molar refractivity (Wildman–Crippen MR) is 51.8 cm³/mol. The highest BCUT2D eigenvalue weighted by Gasteiger charge is 2.40. The van der Waals surface area contributed by atoms with E-state index in [1.54, 1.807) is 0 Å². The van der Waals surface area contributed by atoms with Gasteiger partial charge in [-0.15, -0.1) is 11.6 Å². The van der Waals surface area contributed by atoms with Gasteiger partial charge in [-0.2, -0.15) is 0 Å². The molecule has 1 aliphatic carbocycles. The molecule has 0 bridgehead atoms. The first-order valence-electron chi connectivity index (χ1n) is 4.78. The van der Waals surface area contributed by atoms with Crippen LogP contribution in [0.4, 0.5) is 0 Å². The van der Waals surface area contributed by atoms with Crippen LogP contribution in [0, 0.1) is 5.92 Å². The molecule has 0 aromatic heterocycles. The minimum Gasteiger partial charge on any atom is -0.347 e. The molecule has 0 N–H and O–H groups in total. The number of alkyl halides is 1. The highest BCUT2D eigenvalue weighted by atomic mass is 35.5. The molecule has 0 aromatic rings. The van der Waals surface area contributed by atoms with Gasteiger partial charge in [0.25, 0.3) is 0 Å². The molecule has 2 rings (SSSR count). The Balaban J connectivity index is 2.09. The number of hydrogen-bond acceptors (Lipinski definition) is 2. The van der Waals surface area contributed by atoms with Crippen molar-refractivity contribution in [2.75, 3.05) is 19.1 Å². The van der Waals surface area contributed by atoms with Gasteiger partial charge in [0.05, 0.1) is 13.2 Å². The van der Waals surface area contributed by atoms with Crippen LogP contribution in [0.5, 0.6) is 0 Å². The number of allylic oxidation sites excluding steroid dienone is 1. The molecule has 1 unspecified atom stereocenters. The van der Waals surface area contributed by atoms with Gasteiger partial charge in [0, 0.05) is 18.7 Å². The summed E-state index contributed by atoms with van der Waals surface area (Å²) in [4.78, 5) is 0. The first-order chi connectivity index (χ1) is 6.26. The van der Waals surface area contributed by atoms with Gasteiger partial charge < -0.3 is 9.47 Å². The van der Waals surface area contributed by atoms with Crippen LogP contribution < -0.4 is 0 Å². The van der Waals surface area contributed by atoms with Gasteiger partial charge in [0.15, 0.2) is 5.79 Å². The molecule has 2 nitrogen and oxygen atoms in total. The van der Waals surface area contributed by atoms with E-state index in [2.05, 4.69) is 13.0 Å². The van der Waals surface area contributed by atoms with Crippen molar-refractivity contribution in [3.63, 3.8) is 0 Å². The Morgan fingerprint density at radius 3 is 2.77 bits per heavy atom. The summed E-state index contributed by atoms with van der Waals surface area (Å²) in [5.41, 5.74) is 1.33. The van der Waals surface area contributed by atoms with Gasteiger partial charge in [-0.25, -0.2) is 0 Å². The second-order valence-corrected chi connectivity index (χ2v) is 4.10. The van der Waals surface area contributed by atoms with E-state index in [-0.39, 0.29) is 5.79 Å². The SMILES string of the molecule is CC1CC2(CC=C1CCl)OCCO2. The Hall–Kier alpha value is -0.0500. The second kappa shape index (κ2) is 3.60. The molecule has 0 aromatic carbocycles. The van der Waals surface area contributed by atoms with Gasteiger partial charge in [-0.3, -0.25) is 0 Å². The largest absolute Gasteiger partial charge is 0.347 e. The lowest BCUT2D eigenvalue weighted by Crippen LogP contribution is -2.35. The third-order valence-electron chi connectivity index (χ3n) is 2.89. The molecule has 1 fully saturated rings. The van der Waals surface area contributed by atoms with Gasteiger partial charge in [-0.05, 0) is 5.92 Å². The van der Waals surface area contributed by atoms with Crippen LogP contribution in [0.3, 0.4) is 0 Å². The van der Waals surface area contributed by atoms with Crippen molar-refractivity contribution in [2.24, 2.45) is 5.92 Å². The van der Waals surface area contributed by atoms with Crippen molar-refractivity contribution in [2.45, 2.75) is 25.6 Å². The van der Waals surface area contributed by atoms with Crippen molar-refractivity contribution >= 4 is 11.6 Å². The molecule has 74 valence electrons. The van der Waals surface area contributed by atoms with Crippen LogP contribution in [0.25, 0.3) is 0 Å². The molecule has 1 atom stereocenters. The molecule has 1 aliphatic heterocycles. The highest BCUT2D eigenvalue weighted by Crippen LogP contribution is 2.38. The van der Waals surface area contributed by atoms with Crippen LogP contribution in [-0.2, 0) is 9.47 Å². The summed E-state index contributed by atoms with van der Waals surface area (Å²) in [6.07, 6.45) is 3.98. The van der Waals surface area contributed by atoms with Crippen LogP contribution in [0.1, 0.15) is 19.8 Å². The van der Waals surface area contributed by atoms with Gasteiger partial charge in [-0.1, -0.05) is 18.6 Å². The van der Waals surface area contributed by atoms with Crippen molar-refractivity contribution in [1.29, 1.82) is 0 Å². The topological polar surface area (TPSA) is 18.5 Å². The quantitative estimate of drug-likeness (QED) is 0.480. The Morgan fingerprint density at radius 1 is 1.54 bits per heavy atom. The van der Waals surface area contributed by atoms with Crippen LogP contribution in [0.2, 0.25) is 0 Å². The summed E-state index contributed by atoms with van der Waals surface area (Å²) >= 11 is 5.82. The third kappa shape index (κ3) is 1.76. The van der Waals surface area contributed by atoms with Crippen molar-refractivity contribution in [3.8, 4) is 0 Å². The number of rotatable bonds is 1. The molecule has 3 heteroatoms. The first-order valence-corrected chi connectivity index (χ1v) is 5.32. The normalized spacial score (nSPS) is 32.2. The van der Waals surface area contributed by atoms with E-state index in [1.165, 1.54) is 5.57 Å². The monoisotopic (exact) mass is 202 g/mol. The van der Waals surface area contributed by atoms with Gasteiger partial charge in [0.2, 0.25) is 0 Å². The zero-order valence-corrected chi connectivity index (χ0v) is 8.64. The molecule has 1 spiro atoms. The summed E-state index contributed by atoms with van der Waals surface area (Å²) in [5, 5.41) is 0. The van der Waals surface area contributed by atoms with Crippen molar-refractivity contribution < 1.29 is 9.47 Å². The van der Waals surface area contributed by atoms with E-state index in [0.29, 0.717) is 11.8 Å². The fourth-order valence-corrected chi connectivity index (χ4v) is 2.46. The lowest BCUT2D eigenvalue weighted by Gasteiger charge is -2.34. The van der Waals surface area contributed by atoms with E-state index >= 15 is 0 Å². The van der Waals surface area contributed by atoms with Gasteiger partial charge >= 0.3 is 0 Å².